The molecule has 2 N–H and O–H groups in total. The summed E-state index contributed by atoms with van der Waals surface area (Å²) < 4.78 is 10.6. The number of carbonyl (C=O) groups excluding carboxylic acids is 1. The molecular weight excluding hydrogens is 262 g/mol. The van der Waals surface area contributed by atoms with Crippen LogP contribution in [0.25, 0.3) is 0 Å². The van der Waals surface area contributed by atoms with Crippen molar-refractivity contribution in [3.8, 4) is 5.75 Å². The Kier molecular flexibility index (Phi) is 6.52. The molecule has 0 aliphatic heterocycles. The van der Waals surface area contributed by atoms with Crippen LogP contribution >= 0.6 is 0 Å². The first-order valence-electron chi connectivity index (χ1n) is 6.39. The molecule has 1 aromatic rings. The second-order valence-electron chi connectivity index (χ2n) is 4.07. The predicted octanol–water partition coefficient (Wildman–Crippen LogP) is 1.30. The van der Waals surface area contributed by atoms with Gasteiger partial charge in [-0.15, -0.1) is 0 Å². The molecule has 1 atom stereocenters. The summed E-state index contributed by atoms with van der Waals surface area (Å²) in [7, 11) is 0. The van der Waals surface area contributed by atoms with E-state index in [4.69, 9.17) is 14.6 Å². The van der Waals surface area contributed by atoms with Gasteiger partial charge in [-0.1, -0.05) is 12.1 Å². The normalized spacial score (nSPS) is 11.7. The van der Waals surface area contributed by atoms with E-state index >= 15 is 0 Å². The van der Waals surface area contributed by atoms with Crippen LogP contribution in [0.3, 0.4) is 0 Å². The summed E-state index contributed by atoms with van der Waals surface area (Å²) in [5.74, 6) is -1.16. The summed E-state index contributed by atoms with van der Waals surface area (Å²) in [5.41, 5.74) is 0.303. The van der Waals surface area contributed by atoms with Crippen LogP contribution in [0.1, 0.15) is 24.2 Å². The molecule has 6 heteroatoms. The Balaban J connectivity index is 2.69. The van der Waals surface area contributed by atoms with Crippen LogP contribution in [0.5, 0.6) is 5.75 Å². The summed E-state index contributed by atoms with van der Waals surface area (Å²) in [6.45, 7) is 4.64. The molecule has 0 radical (unpaired) electrons. The Morgan fingerprint density at radius 1 is 1.30 bits per heavy atom. The number of carbonyl (C=O) groups is 2. The van der Waals surface area contributed by atoms with E-state index in [0.29, 0.717) is 31.1 Å². The van der Waals surface area contributed by atoms with Gasteiger partial charge in [-0.3, -0.25) is 9.59 Å². The molecule has 0 heterocycles. The van der Waals surface area contributed by atoms with E-state index in [2.05, 4.69) is 5.32 Å². The van der Waals surface area contributed by atoms with Gasteiger partial charge in [-0.25, -0.2) is 0 Å². The fourth-order valence-corrected chi connectivity index (χ4v) is 1.47. The van der Waals surface area contributed by atoms with Crippen LogP contribution in [0.2, 0.25) is 0 Å². The summed E-state index contributed by atoms with van der Waals surface area (Å²) in [6, 6.07) is 5.72. The number of hydrogen-bond donors (Lipinski definition) is 2. The van der Waals surface area contributed by atoms with Gasteiger partial charge < -0.3 is 19.9 Å². The lowest BCUT2D eigenvalue weighted by Crippen LogP contribution is -2.38. The summed E-state index contributed by atoms with van der Waals surface area (Å²) in [4.78, 5) is 22.7. The Bertz CT molecular complexity index is 461. The predicted molar refractivity (Wildman–Crippen MR) is 73.0 cm³/mol. The van der Waals surface area contributed by atoms with Crippen LogP contribution in [-0.4, -0.2) is 42.8 Å². The van der Waals surface area contributed by atoms with Crippen LogP contribution in [0.15, 0.2) is 24.3 Å². The number of para-hydroxylation sites is 1. The Morgan fingerprint density at radius 2 is 2.00 bits per heavy atom. The molecule has 0 saturated heterocycles. The van der Waals surface area contributed by atoms with Gasteiger partial charge in [0, 0.05) is 6.61 Å². The van der Waals surface area contributed by atoms with Gasteiger partial charge in [-0.05, 0) is 26.0 Å². The SMILES string of the molecule is CCOCCOc1ccccc1C(=O)N[C@@H](C)C(=O)O. The molecule has 0 saturated carbocycles. The molecule has 1 amide bonds. The zero-order valence-electron chi connectivity index (χ0n) is 11.6. The van der Waals surface area contributed by atoms with Crippen molar-refractivity contribution in [3.05, 3.63) is 29.8 Å². The number of benzene rings is 1. The number of amides is 1. The second-order valence-corrected chi connectivity index (χ2v) is 4.07. The molecular formula is C14H19NO5. The van der Waals surface area contributed by atoms with Crippen molar-refractivity contribution in [1.82, 2.24) is 5.32 Å². The van der Waals surface area contributed by atoms with E-state index in [-0.39, 0.29) is 0 Å². The third kappa shape index (κ3) is 4.89. The fraction of sp³-hybridized carbons (Fsp3) is 0.429. The van der Waals surface area contributed by atoms with Crippen molar-refractivity contribution in [1.29, 1.82) is 0 Å². The monoisotopic (exact) mass is 281 g/mol. The lowest BCUT2D eigenvalue weighted by Gasteiger charge is -2.13. The molecule has 0 fully saturated rings. The quantitative estimate of drug-likeness (QED) is 0.702. The molecule has 1 rings (SSSR count). The largest absolute Gasteiger partial charge is 0.490 e. The maximum Gasteiger partial charge on any atom is 0.325 e. The lowest BCUT2D eigenvalue weighted by atomic mass is 10.1. The van der Waals surface area contributed by atoms with Crippen LogP contribution in [-0.2, 0) is 9.53 Å². The third-order valence-corrected chi connectivity index (χ3v) is 2.54. The number of hydrogen-bond acceptors (Lipinski definition) is 4. The minimum Gasteiger partial charge on any atom is -0.490 e. The van der Waals surface area contributed by atoms with Crippen molar-refractivity contribution in [2.45, 2.75) is 19.9 Å². The lowest BCUT2D eigenvalue weighted by molar-refractivity contribution is -0.138. The van der Waals surface area contributed by atoms with Crippen LogP contribution in [0.4, 0.5) is 0 Å². The highest BCUT2D eigenvalue weighted by atomic mass is 16.5. The van der Waals surface area contributed by atoms with Crippen LogP contribution in [0, 0.1) is 0 Å². The second kappa shape index (κ2) is 8.16. The molecule has 0 bridgehead atoms. The van der Waals surface area contributed by atoms with Gasteiger partial charge in [0.15, 0.2) is 0 Å². The van der Waals surface area contributed by atoms with Crippen molar-refractivity contribution < 1.29 is 24.2 Å². The minimum atomic E-state index is -1.09. The first-order valence-corrected chi connectivity index (χ1v) is 6.39. The number of carboxylic acid groups (broad SMARTS) is 1. The fourth-order valence-electron chi connectivity index (χ4n) is 1.47. The average molecular weight is 281 g/mol. The highest BCUT2D eigenvalue weighted by Gasteiger charge is 2.18. The van der Waals surface area contributed by atoms with Crippen molar-refractivity contribution in [2.75, 3.05) is 19.8 Å². The summed E-state index contributed by atoms with van der Waals surface area (Å²) in [6.07, 6.45) is 0. The van der Waals surface area contributed by atoms with E-state index in [9.17, 15) is 9.59 Å². The van der Waals surface area contributed by atoms with Gasteiger partial charge in [0.2, 0.25) is 0 Å². The van der Waals surface area contributed by atoms with Gasteiger partial charge >= 0.3 is 5.97 Å². The molecule has 1 aromatic carbocycles. The average Bonchev–Trinajstić information content (AvgIpc) is 2.43. The molecule has 0 aliphatic carbocycles. The number of aliphatic carboxylic acids is 1. The first-order chi connectivity index (χ1) is 9.56. The standard InChI is InChI=1S/C14H19NO5/c1-3-19-8-9-20-12-7-5-4-6-11(12)13(16)15-10(2)14(17)18/h4-7,10H,3,8-9H2,1-2H3,(H,15,16)(H,17,18)/t10-/m0/s1. The van der Waals surface area contributed by atoms with Crippen LogP contribution < -0.4 is 10.1 Å². The molecule has 0 unspecified atom stereocenters. The Labute approximate surface area is 117 Å². The maximum atomic E-state index is 12.0. The molecule has 0 aliphatic rings. The maximum absolute atomic E-state index is 12.0. The minimum absolute atomic E-state index is 0.303. The number of nitrogens with one attached hydrogen (secondary N) is 1. The van der Waals surface area contributed by atoms with E-state index in [0.717, 1.165) is 0 Å². The van der Waals surface area contributed by atoms with E-state index in [1.54, 1.807) is 24.3 Å². The first kappa shape index (κ1) is 16.0. The highest BCUT2D eigenvalue weighted by molar-refractivity contribution is 5.98. The molecule has 0 aromatic heterocycles. The van der Waals surface area contributed by atoms with E-state index in [1.807, 2.05) is 6.92 Å². The van der Waals surface area contributed by atoms with Gasteiger partial charge in [0.05, 0.1) is 12.2 Å². The molecule has 6 nitrogen and oxygen atoms in total. The molecule has 0 spiro atoms. The smallest absolute Gasteiger partial charge is 0.325 e. The Morgan fingerprint density at radius 3 is 2.65 bits per heavy atom. The van der Waals surface area contributed by atoms with Gasteiger partial charge in [0.25, 0.3) is 5.91 Å². The third-order valence-electron chi connectivity index (χ3n) is 2.54. The number of ether oxygens (including phenoxy) is 2. The summed E-state index contributed by atoms with van der Waals surface area (Å²) in [5, 5.41) is 11.2. The van der Waals surface area contributed by atoms with Gasteiger partial charge in [-0.2, -0.15) is 0 Å². The molecule has 20 heavy (non-hydrogen) atoms. The number of rotatable bonds is 8. The number of carboxylic acids is 1. The zero-order valence-corrected chi connectivity index (χ0v) is 11.6. The van der Waals surface area contributed by atoms with E-state index < -0.39 is 17.9 Å². The van der Waals surface area contributed by atoms with Crippen molar-refractivity contribution in [2.24, 2.45) is 0 Å². The van der Waals surface area contributed by atoms with Crippen molar-refractivity contribution >= 4 is 11.9 Å². The van der Waals surface area contributed by atoms with Crippen molar-refractivity contribution in [3.63, 3.8) is 0 Å². The van der Waals surface area contributed by atoms with Gasteiger partial charge in [0.1, 0.15) is 18.4 Å². The Hall–Kier alpha value is -2.08. The summed E-state index contributed by atoms with van der Waals surface area (Å²) >= 11 is 0. The topological polar surface area (TPSA) is 84.9 Å². The zero-order chi connectivity index (χ0) is 15.0. The molecule has 110 valence electrons. The van der Waals surface area contributed by atoms with E-state index in [1.165, 1.54) is 6.92 Å². The highest BCUT2D eigenvalue weighted by Crippen LogP contribution is 2.17.